The van der Waals surface area contributed by atoms with Crippen molar-refractivity contribution in [1.29, 1.82) is 0 Å². The number of carboxylic acids is 1. The van der Waals surface area contributed by atoms with E-state index in [1.807, 2.05) is 38.1 Å². The summed E-state index contributed by atoms with van der Waals surface area (Å²) in [6.07, 6.45) is 3.62. The van der Waals surface area contributed by atoms with Crippen LogP contribution in [0.25, 0.3) is 11.1 Å². The predicted octanol–water partition coefficient (Wildman–Crippen LogP) is 4.48. The highest BCUT2D eigenvalue weighted by Gasteiger charge is 2.29. The van der Waals surface area contributed by atoms with Crippen molar-refractivity contribution in [3.8, 4) is 11.1 Å². The van der Waals surface area contributed by atoms with Crippen molar-refractivity contribution in [2.24, 2.45) is 5.41 Å². The van der Waals surface area contributed by atoms with Gasteiger partial charge in [-0.3, -0.25) is 4.79 Å². The fourth-order valence-electron chi connectivity index (χ4n) is 4.15. The lowest BCUT2D eigenvalue weighted by Gasteiger charge is -2.24. The Morgan fingerprint density at radius 3 is 2.21 bits per heavy atom. The largest absolute Gasteiger partial charge is 0.478 e. The Morgan fingerprint density at radius 1 is 0.971 bits per heavy atom. The van der Waals surface area contributed by atoms with Crippen molar-refractivity contribution >= 4 is 18.0 Å². The van der Waals surface area contributed by atoms with Crippen LogP contribution in [-0.2, 0) is 14.3 Å². The Hall–Kier alpha value is -3.61. The zero-order valence-electron chi connectivity index (χ0n) is 19.7. The van der Waals surface area contributed by atoms with E-state index in [2.05, 4.69) is 34.9 Å². The predicted molar refractivity (Wildman–Crippen MR) is 130 cm³/mol. The third-order valence-corrected chi connectivity index (χ3v) is 6.12. The molecule has 0 aliphatic heterocycles. The summed E-state index contributed by atoms with van der Waals surface area (Å²) in [4.78, 5) is 34.7. The zero-order chi connectivity index (χ0) is 24.6. The smallest absolute Gasteiger partial charge is 0.407 e. The van der Waals surface area contributed by atoms with Gasteiger partial charge >= 0.3 is 12.1 Å². The minimum absolute atomic E-state index is 0.0263. The van der Waals surface area contributed by atoms with Gasteiger partial charge in [0.15, 0.2) is 0 Å². The molecular weight excluding hydrogens is 432 g/mol. The van der Waals surface area contributed by atoms with Crippen LogP contribution in [0.1, 0.15) is 50.2 Å². The van der Waals surface area contributed by atoms with E-state index in [0.29, 0.717) is 25.8 Å². The Balaban J connectivity index is 1.39. The molecule has 34 heavy (non-hydrogen) atoms. The van der Waals surface area contributed by atoms with Crippen LogP contribution >= 0.6 is 0 Å². The lowest BCUT2D eigenvalue weighted by molar-refractivity contribution is -0.131. The first-order chi connectivity index (χ1) is 16.3. The zero-order valence-corrected chi connectivity index (χ0v) is 19.7. The summed E-state index contributed by atoms with van der Waals surface area (Å²) in [7, 11) is 0. The molecule has 3 N–H and O–H groups in total. The number of hydrogen-bond acceptors (Lipinski definition) is 4. The van der Waals surface area contributed by atoms with Crippen molar-refractivity contribution < 1.29 is 24.2 Å². The minimum Gasteiger partial charge on any atom is -0.478 e. The Morgan fingerprint density at radius 2 is 1.59 bits per heavy atom. The number of aliphatic carboxylic acids is 1. The lowest BCUT2D eigenvalue weighted by Crippen LogP contribution is -2.30. The maximum absolute atomic E-state index is 12.3. The van der Waals surface area contributed by atoms with Crippen LogP contribution in [0.4, 0.5) is 4.79 Å². The van der Waals surface area contributed by atoms with Crippen molar-refractivity contribution in [3.05, 3.63) is 71.8 Å². The van der Waals surface area contributed by atoms with E-state index in [1.165, 1.54) is 28.3 Å². The van der Waals surface area contributed by atoms with Crippen molar-refractivity contribution in [3.63, 3.8) is 0 Å². The molecule has 0 fully saturated rings. The number of ether oxygens (including phenoxy) is 1. The Bertz CT molecular complexity index is 1010. The van der Waals surface area contributed by atoms with Crippen molar-refractivity contribution in [2.45, 2.75) is 39.0 Å². The minimum atomic E-state index is -1.04. The molecule has 0 saturated heterocycles. The molecule has 2 aromatic carbocycles. The second kappa shape index (κ2) is 11.5. The third kappa shape index (κ3) is 6.94. The van der Waals surface area contributed by atoms with Crippen LogP contribution < -0.4 is 10.6 Å². The third-order valence-electron chi connectivity index (χ3n) is 6.12. The average Bonchev–Trinajstić information content (AvgIpc) is 3.13. The van der Waals surface area contributed by atoms with Gasteiger partial charge in [-0.05, 0) is 40.5 Å². The summed E-state index contributed by atoms with van der Waals surface area (Å²) in [6, 6.07) is 16.4. The van der Waals surface area contributed by atoms with E-state index in [9.17, 15) is 14.4 Å². The Labute approximate surface area is 200 Å². The lowest BCUT2D eigenvalue weighted by atomic mass is 9.84. The van der Waals surface area contributed by atoms with Gasteiger partial charge in [0.25, 0.3) is 0 Å². The second-order valence-electron chi connectivity index (χ2n) is 9.21. The van der Waals surface area contributed by atoms with E-state index in [4.69, 9.17) is 9.84 Å². The number of rotatable bonds is 11. The first-order valence-electron chi connectivity index (χ1n) is 11.5. The van der Waals surface area contributed by atoms with Crippen LogP contribution in [0.2, 0.25) is 0 Å². The maximum Gasteiger partial charge on any atom is 0.407 e. The van der Waals surface area contributed by atoms with Gasteiger partial charge in [0.1, 0.15) is 6.61 Å². The van der Waals surface area contributed by atoms with Gasteiger partial charge in [-0.1, -0.05) is 68.5 Å². The van der Waals surface area contributed by atoms with Gasteiger partial charge in [-0.2, -0.15) is 0 Å². The molecule has 1 aliphatic rings. The standard InChI is InChI=1S/C27H32N2O5/c1-27(2,14-13-24(30)28-16-7-12-25(31)32)15-17-29-26(33)34-18-23-21-10-5-3-8-19(21)20-9-4-6-11-22(20)23/h3-12,23H,13-18H2,1-2H3,(H,28,30)(H,29,33)(H,31,32)/b12-7+. The summed E-state index contributed by atoms with van der Waals surface area (Å²) in [5.41, 5.74) is 4.58. The van der Waals surface area contributed by atoms with Gasteiger partial charge in [-0.15, -0.1) is 0 Å². The van der Waals surface area contributed by atoms with E-state index >= 15 is 0 Å². The number of alkyl carbamates (subject to hydrolysis) is 1. The highest BCUT2D eigenvalue weighted by Crippen LogP contribution is 2.44. The first-order valence-corrected chi connectivity index (χ1v) is 11.5. The SMILES string of the molecule is CC(C)(CCNC(=O)OCC1c2ccccc2-c2ccccc21)CCC(=O)NC/C=C/C(=O)O. The number of amides is 2. The van der Waals surface area contributed by atoms with E-state index in [1.54, 1.807) is 0 Å². The molecule has 3 rings (SSSR count). The van der Waals surface area contributed by atoms with E-state index in [-0.39, 0.29) is 30.4 Å². The number of carbonyl (C=O) groups excluding carboxylic acids is 2. The number of carboxylic acid groups (broad SMARTS) is 1. The average molecular weight is 465 g/mol. The summed E-state index contributed by atoms with van der Waals surface area (Å²) in [6.45, 7) is 5.01. The Kier molecular flexibility index (Phi) is 8.46. The summed E-state index contributed by atoms with van der Waals surface area (Å²) in [5.74, 6) is -1.15. The molecule has 0 saturated carbocycles. The molecule has 180 valence electrons. The van der Waals surface area contributed by atoms with Gasteiger partial charge in [0, 0.05) is 31.5 Å². The van der Waals surface area contributed by atoms with Gasteiger partial charge in [0.05, 0.1) is 0 Å². The summed E-state index contributed by atoms with van der Waals surface area (Å²) in [5, 5.41) is 14.0. The number of nitrogens with one attached hydrogen (secondary N) is 2. The number of fused-ring (bicyclic) bond motifs is 3. The normalized spacial score (nSPS) is 12.8. The number of carbonyl (C=O) groups is 3. The molecule has 0 radical (unpaired) electrons. The maximum atomic E-state index is 12.3. The molecule has 0 aromatic heterocycles. The van der Waals surface area contributed by atoms with Gasteiger partial charge in [0.2, 0.25) is 5.91 Å². The van der Waals surface area contributed by atoms with Crippen molar-refractivity contribution in [2.75, 3.05) is 19.7 Å². The van der Waals surface area contributed by atoms with Crippen LogP contribution in [0, 0.1) is 5.41 Å². The van der Waals surface area contributed by atoms with Crippen molar-refractivity contribution in [1.82, 2.24) is 10.6 Å². The monoisotopic (exact) mass is 464 g/mol. The summed E-state index contributed by atoms with van der Waals surface area (Å²) >= 11 is 0. The van der Waals surface area contributed by atoms with Gasteiger partial charge < -0.3 is 20.5 Å². The van der Waals surface area contributed by atoms with Crippen LogP contribution in [-0.4, -0.2) is 42.8 Å². The molecule has 0 unspecified atom stereocenters. The number of benzene rings is 2. The molecule has 0 spiro atoms. The van der Waals surface area contributed by atoms with Gasteiger partial charge in [-0.25, -0.2) is 9.59 Å². The summed E-state index contributed by atoms with van der Waals surface area (Å²) < 4.78 is 5.56. The van der Waals surface area contributed by atoms with Crippen LogP contribution in [0.15, 0.2) is 60.7 Å². The fraction of sp³-hybridized carbons (Fsp3) is 0.370. The molecule has 7 heteroatoms. The van der Waals surface area contributed by atoms with Crippen LogP contribution in [0.5, 0.6) is 0 Å². The molecule has 0 bridgehead atoms. The molecule has 0 atom stereocenters. The molecule has 1 aliphatic carbocycles. The van der Waals surface area contributed by atoms with E-state index in [0.717, 1.165) is 6.08 Å². The molecule has 2 amide bonds. The topological polar surface area (TPSA) is 105 Å². The first kappa shape index (κ1) is 25.0. The highest BCUT2D eigenvalue weighted by molar-refractivity contribution is 5.80. The molecular formula is C27H32N2O5. The molecule has 7 nitrogen and oxygen atoms in total. The quantitative estimate of drug-likeness (QED) is 0.425. The van der Waals surface area contributed by atoms with Crippen LogP contribution in [0.3, 0.4) is 0 Å². The van der Waals surface area contributed by atoms with E-state index < -0.39 is 12.1 Å². The highest BCUT2D eigenvalue weighted by atomic mass is 16.5. The fourth-order valence-corrected chi connectivity index (χ4v) is 4.15. The second-order valence-corrected chi connectivity index (χ2v) is 9.21. The molecule has 0 heterocycles. The number of hydrogen-bond donors (Lipinski definition) is 3. The molecule has 2 aromatic rings.